The molecule has 5 rings (SSSR count). The average molecular weight is 651 g/mol. The maximum absolute atomic E-state index is 12.9. The van der Waals surface area contributed by atoms with E-state index in [1.807, 2.05) is 42.5 Å². The highest BCUT2D eigenvalue weighted by Crippen LogP contribution is 2.37. The molecule has 0 aliphatic carbocycles. The fourth-order valence-electron chi connectivity index (χ4n) is 4.87. The van der Waals surface area contributed by atoms with Crippen molar-refractivity contribution in [2.45, 2.75) is 45.5 Å². The summed E-state index contributed by atoms with van der Waals surface area (Å²) in [4.78, 5) is 23.7. The summed E-state index contributed by atoms with van der Waals surface area (Å²) >= 11 is 1.56. The van der Waals surface area contributed by atoms with Crippen LogP contribution in [0.15, 0.2) is 84.2 Å². The Bertz CT molecular complexity index is 1720. The normalized spacial score (nSPS) is 16.3. The van der Waals surface area contributed by atoms with Gasteiger partial charge in [-0.15, -0.1) is 18.3 Å². The Hall–Kier alpha value is -4.78. The molecule has 1 aromatic heterocycles. The molecule has 3 aromatic carbocycles. The second-order valence-corrected chi connectivity index (χ2v) is 11.9. The maximum Gasteiger partial charge on any atom is 0.573 e. The standard InChI is InChI=1S/C33H33F3N6O3S/c1-21(2)28-19-27(44-4)13-14-29(28)42-22(3)16-18-46-32(42)39-31(43)37-17-15-23-5-7-24(8-6-23)30-38-20-41(40-30)25-9-11-26(12-10-25)45-33(34,35)36/h5-15,17,19-22H,16,18H2,1-4H3,(H,37,43)/b17-15+,39-32?. The predicted octanol–water partition coefficient (Wildman–Crippen LogP) is 8.03. The summed E-state index contributed by atoms with van der Waals surface area (Å²) in [7, 11) is 1.65. The molecule has 0 bridgehead atoms. The summed E-state index contributed by atoms with van der Waals surface area (Å²) in [5.41, 5.74) is 4.25. The summed E-state index contributed by atoms with van der Waals surface area (Å²) in [6.07, 6.45) is 0.995. The minimum Gasteiger partial charge on any atom is -0.497 e. The zero-order valence-electron chi connectivity index (χ0n) is 25.7. The largest absolute Gasteiger partial charge is 0.573 e. The summed E-state index contributed by atoms with van der Waals surface area (Å²) in [5, 5.41) is 7.81. The van der Waals surface area contributed by atoms with E-state index in [1.54, 1.807) is 31.1 Å². The highest BCUT2D eigenvalue weighted by molar-refractivity contribution is 8.14. The van der Waals surface area contributed by atoms with E-state index in [0.717, 1.165) is 40.3 Å². The molecule has 2 amide bonds. The highest BCUT2D eigenvalue weighted by atomic mass is 32.2. The maximum atomic E-state index is 12.9. The lowest BCUT2D eigenvalue weighted by Crippen LogP contribution is -2.42. The number of nitrogens with zero attached hydrogens (tertiary/aromatic N) is 5. The van der Waals surface area contributed by atoms with Crippen LogP contribution in [-0.4, -0.2) is 51.2 Å². The van der Waals surface area contributed by atoms with Crippen molar-refractivity contribution in [1.29, 1.82) is 0 Å². The minimum absolute atomic E-state index is 0.173. The topological polar surface area (TPSA) is 93.9 Å². The van der Waals surface area contributed by atoms with Crippen molar-refractivity contribution in [2.75, 3.05) is 17.8 Å². The molecule has 9 nitrogen and oxygen atoms in total. The first-order valence-electron chi connectivity index (χ1n) is 14.5. The number of thioether (sulfide) groups is 1. The molecule has 0 saturated carbocycles. The van der Waals surface area contributed by atoms with E-state index in [9.17, 15) is 18.0 Å². The van der Waals surface area contributed by atoms with E-state index in [2.05, 4.69) is 50.8 Å². The monoisotopic (exact) mass is 650 g/mol. The third kappa shape index (κ3) is 8.08. The van der Waals surface area contributed by atoms with Crippen LogP contribution in [0.3, 0.4) is 0 Å². The van der Waals surface area contributed by atoms with Crippen LogP contribution in [0.5, 0.6) is 11.5 Å². The van der Waals surface area contributed by atoms with Gasteiger partial charge < -0.3 is 19.7 Å². The molecule has 1 aliphatic heterocycles. The van der Waals surface area contributed by atoms with Crippen molar-refractivity contribution >= 4 is 34.7 Å². The van der Waals surface area contributed by atoms with Crippen LogP contribution in [0.1, 0.15) is 44.2 Å². The van der Waals surface area contributed by atoms with Crippen LogP contribution < -0.4 is 19.7 Å². The molecule has 0 spiro atoms. The number of aliphatic imine (C=N–C) groups is 1. The zero-order chi connectivity index (χ0) is 32.8. The van der Waals surface area contributed by atoms with Gasteiger partial charge in [-0.2, -0.15) is 4.99 Å². The molecule has 1 saturated heterocycles. The Labute approximate surface area is 269 Å². The minimum atomic E-state index is -4.76. The second-order valence-electron chi connectivity index (χ2n) is 10.8. The summed E-state index contributed by atoms with van der Waals surface area (Å²) in [6.45, 7) is 6.40. The summed E-state index contributed by atoms with van der Waals surface area (Å²) in [6, 6.07) is 18.4. The van der Waals surface area contributed by atoms with E-state index in [4.69, 9.17) is 4.74 Å². The van der Waals surface area contributed by atoms with Gasteiger partial charge in [0.05, 0.1) is 12.8 Å². The number of alkyl halides is 3. The molecule has 1 unspecified atom stereocenters. The van der Waals surface area contributed by atoms with Crippen molar-refractivity contribution in [1.82, 2.24) is 20.1 Å². The van der Waals surface area contributed by atoms with E-state index in [1.165, 1.54) is 35.3 Å². The lowest BCUT2D eigenvalue weighted by Gasteiger charge is -2.37. The number of ether oxygens (including phenoxy) is 2. The molecular weight excluding hydrogens is 617 g/mol. The van der Waals surface area contributed by atoms with Crippen molar-refractivity contribution < 1.29 is 27.4 Å². The number of hydrogen-bond donors (Lipinski definition) is 1. The van der Waals surface area contributed by atoms with E-state index >= 15 is 0 Å². The number of halogens is 3. The first-order valence-corrected chi connectivity index (χ1v) is 15.5. The second kappa shape index (κ2) is 14.1. The van der Waals surface area contributed by atoms with Gasteiger partial charge in [0, 0.05) is 29.2 Å². The first kappa shape index (κ1) is 32.6. The number of methoxy groups -OCH3 is 1. The number of amidine groups is 1. The molecule has 0 radical (unpaired) electrons. The van der Waals surface area contributed by atoms with Crippen LogP contribution in [0, 0.1) is 0 Å². The number of amides is 2. The molecule has 1 atom stereocenters. The molecular formula is C33H33F3N6O3S. The quantitative estimate of drug-likeness (QED) is 0.206. The molecule has 1 aliphatic rings. The van der Waals surface area contributed by atoms with Crippen LogP contribution in [0.4, 0.5) is 23.7 Å². The van der Waals surface area contributed by atoms with Gasteiger partial charge in [-0.1, -0.05) is 49.9 Å². The number of anilines is 1. The van der Waals surface area contributed by atoms with E-state index in [-0.39, 0.29) is 17.7 Å². The first-order chi connectivity index (χ1) is 22.0. The summed E-state index contributed by atoms with van der Waals surface area (Å²) in [5.74, 6) is 2.04. The molecule has 240 valence electrons. The number of nitrogens with one attached hydrogen (secondary N) is 1. The number of urea groups is 1. The number of carbonyl (C=O) groups is 1. The molecule has 2 heterocycles. The number of carbonyl (C=O) groups excluding carboxylic acids is 1. The number of hydrogen-bond acceptors (Lipinski definition) is 6. The van der Waals surface area contributed by atoms with Crippen molar-refractivity contribution in [3.63, 3.8) is 0 Å². The van der Waals surface area contributed by atoms with E-state index in [0.29, 0.717) is 16.7 Å². The van der Waals surface area contributed by atoms with Crippen molar-refractivity contribution in [3.05, 3.63) is 90.4 Å². The van der Waals surface area contributed by atoms with Gasteiger partial charge in [0.1, 0.15) is 17.8 Å². The Balaban J connectivity index is 1.23. The fraction of sp³-hybridized carbons (Fsp3) is 0.273. The zero-order valence-corrected chi connectivity index (χ0v) is 26.5. The van der Waals surface area contributed by atoms with Gasteiger partial charge in [-0.25, -0.2) is 14.5 Å². The van der Waals surface area contributed by atoms with Crippen LogP contribution in [0.2, 0.25) is 0 Å². The Morgan fingerprint density at radius 3 is 2.48 bits per heavy atom. The third-order valence-corrected chi connectivity index (χ3v) is 8.19. The van der Waals surface area contributed by atoms with Gasteiger partial charge >= 0.3 is 12.4 Å². The number of benzene rings is 3. The Kier molecular flexibility index (Phi) is 10.0. The van der Waals surface area contributed by atoms with Crippen LogP contribution in [-0.2, 0) is 0 Å². The van der Waals surface area contributed by atoms with Crippen LogP contribution >= 0.6 is 11.8 Å². The van der Waals surface area contributed by atoms with Gasteiger partial charge in [-0.05, 0) is 78.9 Å². The van der Waals surface area contributed by atoms with Gasteiger partial charge in [-0.3, -0.25) is 0 Å². The number of rotatable bonds is 8. The van der Waals surface area contributed by atoms with Gasteiger partial charge in [0.2, 0.25) is 0 Å². The van der Waals surface area contributed by atoms with E-state index < -0.39 is 12.4 Å². The van der Waals surface area contributed by atoms with Gasteiger partial charge in [0.25, 0.3) is 0 Å². The smallest absolute Gasteiger partial charge is 0.497 e. The predicted molar refractivity (Wildman–Crippen MR) is 175 cm³/mol. The molecule has 1 N–H and O–H groups in total. The Morgan fingerprint density at radius 2 is 1.80 bits per heavy atom. The molecule has 13 heteroatoms. The third-order valence-electron chi connectivity index (χ3n) is 7.21. The molecule has 1 fully saturated rings. The lowest BCUT2D eigenvalue weighted by atomic mass is 9.99. The average Bonchev–Trinajstić information content (AvgIpc) is 3.51. The van der Waals surface area contributed by atoms with Gasteiger partial charge in [0.15, 0.2) is 11.0 Å². The van der Waals surface area contributed by atoms with Crippen molar-refractivity contribution in [3.8, 4) is 28.6 Å². The molecule has 4 aromatic rings. The highest BCUT2D eigenvalue weighted by Gasteiger charge is 2.31. The summed E-state index contributed by atoms with van der Waals surface area (Å²) < 4.78 is 48.1. The molecule has 46 heavy (non-hydrogen) atoms. The van der Waals surface area contributed by atoms with Crippen LogP contribution in [0.25, 0.3) is 23.2 Å². The SMILES string of the molecule is COc1ccc(N2C(=NC(=O)N/C=C/c3ccc(-c4ncn(-c5ccc(OC(F)(F)F)cc5)n4)cc3)SCCC2C)c(C(C)C)c1. The Morgan fingerprint density at radius 1 is 1.09 bits per heavy atom. The number of aromatic nitrogens is 3. The lowest BCUT2D eigenvalue weighted by molar-refractivity contribution is -0.274. The van der Waals surface area contributed by atoms with Crippen molar-refractivity contribution in [2.24, 2.45) is 4.99 Å². The fourth-order valence-corrected chi connectivity index (χ4v) is 6.07.